The van der Waals surface area contributed by atoms with Crippen LogP contribution in [0.15, 0.2) is 29.0 Å². The molecular weight excluding hydrogens is 220 g/mol. The van der Waals surface area contributed by atoms with Crippen LogP contribution in [0, 0.1) is 0 Å². The Morgan fingerprint density at radius 2 is 2.12 bits per heavy atom. The van der Waals surface area contributed by atoms with E-state index >= 15 is 0 Å². The Balaban J connectivity index is 1.90. The molecule has 0 unspecified atom stereocenters. The maximum Gasteiger partial charge on any atom is 0.160 e. The van der Waals surface area contributed by atoms with E-state index in [9.17, 15) is 0 Å². The number of hydrogen-bond donors (Lipinski definition) is 3. The van der Waals surface area contributed by atoms with Gasteiger partial charge in [0, 0.05) is 6.20 Å². The molecule has 86 valence electrons. The number of nitrogen functional groups attached to an aromatic ring is 1. The Morgan fingerprint density at radius 1 is 1.24 bits per heavy atom. The lowest BCUT2D eigenvalue weighted by Crippen LogP contribution is -2.01. The highest BCUT2D eigenvalue weighted by molar-refractivity contribution is 5.94. The van der Waals surface area contributed by atoms with E-state index < -0.39 is 0 Å². The highest BCUT2D eigenvalue weighted by Crippen LogP contribution is 2.25. The van der Waals surface area contributed by atoms with Gasteiger partial charge in [0.05, 0.1) is 23.6 Å². The average molecular weight is 230 g/mol. The number of rotatable bonds is 3. The first kappa shape index (κ1) is 9.64. The van der Waals surface area contributed by atoms with Gasteiger partial charge in [0.1, 0.15) is 0 Å². The molecule has 4 N–H and O–H groups in total. The number of nitrogens with two attached hydrogens (primary N) is 1. The van der Waals surface area contributed by atoms with E-state index in [4.69, 9.17) is 5.73 Å². The average Bonchev–Trinajstić information content (AvgIpc) is 2.99. The minimum atomic E-state index is 0.549. The molecule has 0 amide bonds. The monoisotopic (exact) mass is 230 g/mol. The molecule has 7 nitrogen and oxygen atoms in total. The molecule has 0 saturated carbocycles. The number of aromatic amines is 1. The van der Waals surface area contributed by atoms with Crippen LogP contribution in [0.25, 0.3) is 11.0 Å². The number of fused-ring (bicyclic) bond motifs is 1. The third kappa shape index (κ3) is 1.67. The SMILES string of the molecule is Nc1ccc(NCc2ccn[nH]2)c2nonc12. The largest absolute Gasteiger partial charge is 0.397 e. The van der Waals surface area contributed by atoms with Crippen molar-refractivity contribution in [3.8, 4) is 0 Å². The zero-order valence-corrected chi connectivity index (χ0v) is 8.84. The van der Waals surface area contributed by atoms with E-state index in [0.717, 1.165) is 11.4 Å². The second kappa shape index (κ2) is 3.78. The summed E-state index contributed by atoms with van der Waals surface area (Å²) >= 11 is 0. The van der Waals surface area contributed by atoms with Gasteiger partial charge < -0.3 is 11.1 Å². The fourth-order valence-corrected chi connectivity index (χ4v) is 1.60. The van der Waals surface area contributed by atoms with Crippen LogP contribution in [-0.2, 0) is 6.54 Å². The molecule has 7 heteroatoms. The predicted octanol–water partition coefficient (Wildman–Crippen LogP) is 1.14. The van der Waals surface area contributed by atoms with Crippen molar-refractivity contribution in [1.29, 1.82) is 0 Å². The number of nitrogens with one attached hydrogen (secondary N) is 2. The minimum Gasteiger partial charge on any atom is -0.397 e. The van der Waals surface area contributed by atoms with Gasteiger partial charge in [-0.2, -0.15) is 5.10 Å². The topological polar surface area (TPSA) is 106 Å². The van der Waals surface area contributed by atoms with Crippen LogP contribution in [-0.4, -0.2) is 20.5 Å². The van der Waals surface area contributed by atoms with E-state index in [1.165, 1.54) is 0 Å². The number of anilines is 2. The Labute approximate surface area is 96.0 Å². The van der Waals surface area contributed by atoms with Gasteiger partial charge in [0.25, 0.3) is 0 Å². The van der Waals surface area contributed by atoms with Crippen molar-refractivity contribution in [2.45, 2.75) is 6.54 Å². The van der Waals surface area contributed by atoms with Crippen LogP contribution >= 0.6 is 0 Å². The Kier molecular flexibility index (Phi) is 2.14. The summed E-state index contributed by atoms with van der Waals surface area (Å²) in [5.74, 6) is 0. The molecule has 0 fully saturated rings. The molecule has 0 aliphatic rings. The molecule has 0 bridgehead atoms. The predicted molar refractivity (Wildman–Crippen MR) is 62.1 cm³/mol. The van der Waals surface area contributed by atoms with E-state index in [-0.39, 0.29) is 0 Å². The molecule has 0 radical (unpaired) electrons. The summed E-state index contributed by atoms with van der Waals surface area (Å²) < 4.78 is 4.68. The fourth-order valence-electron chi connectivity index (χ4n) is 1.60. The quantitative estimate of drug-likeness (QED) is 0.582. The Morgan fingerprint density at radius 3 is 2.94 bits per heavy atom. The lowest BCUT2D eigenvalue weighted by molar-refractivity contribution is 0.316. The maximum absolute atomic E-state index is 5.75. The van der Waals surface area contributed by atoms with Gasteiger partial charge in [0.15, 0.2) is 11.0 Å². The van der Waals surface area contributed by atoms with Crippen molar-refractivity contribution in [2.24, 2.45) is 0 Å². The minimum absolute atomic E-state index is 0.549. The summed E-state index contributed by atoms with van der Waals surface area (Å²) in [6, 6.07) is 5.50. The second-order valence-corrected chi connectivity index (χ2v) is 3.60. The molecule has 2 heterocycles. The van der Waals surface area contributed by atoms with Gasteiger partial charge in [-0.05, 0) is 28.5 Å². The van der Waals surface area contributed by atoms with Crippen molar-refractivity contribution in [1.82, 2.24) is 20.5 Å². The van der Waals surface area contributed by atoms with Crippen LogP contribution < -0.4 is 11.1 Å². The van der Waals surface area contributed by atoms with Crippen molar-refractivity contribution in [2.75, 3.05) is 11.1 Å². The molecule has 0 saturated heterocycles. The van der Waals surface area contributed by atoms with Gasteiger partial charge in [-0.3, -0.25) is 5.10 Å². The lowest BCUT2D eigenvalue weighted by atomic mass is 10.2. The van der Waals surface area contributed by atoms with Crippen LogP contribution in [0.1, 0.15) is 5.69 Å². The number of hydrogen-bond acceptors (Lipinski definition) is 6. The first-order valence-electron chi connectivity index (χ1n) is 5.07. The molecule has 0 spiro atoms. The second-order valence-electron chi connectivity index (χ2n) is 3.60. The first-order valence-corrected chi connectivity index (χ1v) is 5.07. The highest BCUT2D eigenvalue weighted by atomic mass is 16.6. The third-order valence-electron chi connectivity index (χ3n) is 2.47. The number of nitrogens with zero attached hydrogens (tertiary/aromatic N) is 3. The third-order valence-corrected chi connectivity index (χ3v) is 2.47. The zero-order chi connectivity index (χ0) is 11.7. The number of aromatic nitrogens is 4. The van der Waals surface area contributed by atoms with E-state index in [2.05, 4.69) is 30.5 Å². The summed E-state index contributed by atoms with van der Waals surface area (Å²) in [5.41, 5.74) is 9.30. The Bertz CT molecular complexity index is 629. The van der Waals surface area contributed by atoms with Crippen LogP contribution in [0.2, 0.25) is 0 Å². The summed E-state index contributed by atoms with van der Waals surface area (Å²) in [5, 5.41) is 17.5. The van der Waals surface area contributed by atoms with Gasteiger partial charge >= 0.3 is 0 Å². The normalized spacial score (nSPS) is 10.8. The van der Waals surface area contributed by atoms with Gasteiger partial charge in [0.2, 0.25) is 0 Å². The lowest BCUT2D eigenvalue weighted by Gasteiger charge is -2.05. The van der Waals surface area contributed by atoms with Gasteiger partial charge in [-0.25, -0.2) is 4.63 Å². The Hall–Kier alpha value is -2.57. The molecule has 0 atom stereocenters. The summed E-state index contributed by atoms with van der Waals surface area (Å²) in [4.78, 5) is 0. The molecule has 3 aromatic rings. The van der Waals surface area contributed by atoms with Crippen LogP contribution in [0.4, 0.5) is 11.4 Å². The molecule has 0 aliphatic heterocycles. The fraction of sp³-hybridized carbons (Fsp3) is 0.100. The smallest absolute Gasteiger partial charge is 0.160 e. The van der Waals surface area contributed by atoms with E-state index in [1.807, 2.05) is 12.1 Å². The van der Waals surface area contributed by atoms with Crippen molar-refractivity contribution in [3.05, 3.63) is 30.1 Å². The van der Waals surface area contributed by atoms with Crippen molar-refractivity contribution >= 4 is 22.4 Å². The molecule has 0 aliphatic carbocycles. The summed E-state index contributed by atoms with van der Waals surface area (Å²) in [7, 11) is 0. The first-order chi connectivity index (χ1) is 8.34. The van der Waals surface area contributed by atoms with E-state index in [1.54, 1.807) is 12.3 Å². The number of H-pyrrole nitrogens is 1. The molecule has 3 rings (SSSR count). The zero-order valence-electron chi connectivity index (χ0n) is 8.84. The standard InChI is InChI=1S/C10H10N6O/c11-7-1-2-8(10-9(7)15-17-16-10)12-5-6-3-4-13-14-6/h1-4,12H,5,11H2,(H,13,14). The van der Waals surface area contributed by atoms with Gasteiger partial charge in [-0.1, -0.05) is 0 Å². The highest BCUT2D eigenvalue weighted by Gasteiger charge is 2.09. The molecule has 17 heavy (non-hydrogen) atoms. The van der Waals surface area contributed by atoms with Crippen LogP contribution in [0.3, 0.4) is 0 Å². The van der Waals surface area contributed by atoms with E-state index in [0.29, 0.717) is 23.3 Å². The molecular formula is C10H10N6O. The number of benzene rings is 1. The summed E-state index contributed by atoms with van der Waals surface area (Å²) in [6.07, 6.45) is 1.70. The summed E-state index contributed by atoms with van der Waals surface area (Å²) in [6.45, 7) is 0.617. The van der Waals surface area contributed by atoms with Gasteiger partial charge in [-0.15, -0.1) is 0 Å². The maximum atomic E-state index is 5.75. The van der Waals surface area contributed by atoms with Crippen molar-refractivity contribution < 1.29 is 4.63 Å². The van der Waals surface area contributed by atoms with Crippen molar-refractivity contribution in [3.63, 3.8) is 0 Å². The molecule has 2 aromatic heterocycles. The van der Waals surface area contributed by atoms with Crippen LogP contribution in [0.5, 0.6) is 0 Å². The molecule has 1 aromatic carbocycles.